The molecule has 2 rings (SSSR count). The molecule has 1 aromatic carbocycles. The van der Waals surface area contributed by atoms with Crippen LogP contribution >= 0.6 is 11.8 Å². The van der Waals surface area contributed by atoms with Gasteiger partial charge in [-0.3, -0.25) is 19.5 Å². The summed E-state index contributed by atoms with van der Waals surface area (Å²) < 4.78 is 10.4. The standard InChI is InChI=1S/C17H23N3O4S/c1-5-18-17-20(6-2)16(22)14(25-17)10-15(21)19-11-7-8-12(23-3)13(9-11)24-4/h7-9,14H,5-6,10H2,1-4H3,(H,19,21)/t14-/m1/s1. The average molecular weight is 365 g/mol. The van der Waals surface area contributed by atoms with Gasteiger partial charge < -0.3 is 14.8 Å². The van der Waals surface area contributed by atoms with Gasteiger partial charge in [-0.2, -0.15) is 0 Å². The monoisotopic (exact) mass is 365 g/mol. The third-order valence-corrected chi connectivity index (χ3v) is 4.88. The van der Waals surface area contributed by atoms with Gasteiger partial charge in [0.15, 0.2) is 16.7 Å². The fourth-order valence-corrected chi connectivity index (χ4v) is 3.75. The molecule has 0 saturated carbocycles. The Balaban J connectivity index is 2.03. The van der Waals surface area contributed by atoms with Gasteiger partial charge in [0, 0.05) is 31.3 Å². The number of hydrogen-bond acceptors (Lipinski definition) is 6. The van der Waals surface area contributed by atoms with E-state index < -0.39 is 5.25 Å². The molecular weight excluding hydrogens is 342 g/mol. The van der Waals surface area contributed by atoms with E-state index in [1.54, 1.807) is 30.2 Å². The van der Waals surface area contributed by atoms with Crippen LogP contribution in [0.15, 0.2) is 23.2 Å². The third kappa shape index (κ3) is 4.45. The number of thioether (sulfide) groups is 1. The van der Waals surface area contributed by atoms with Crippen LogP contribution in [-0.2, 0) is 9.59 Å². The number of aliphatic imine (C=N–C) groups is 1. The van der Waals surface area contributed by atoms with Crippen molar-refractivity contribution < 1.29 is 19.1 Å². The zero-order chi connectivity index (χ0) is 18.4. The number of anilines is 1. The van der Waals surface area contributed by atoms with Crippen molar-refractivity contribution in [1.29, 1.82) is 0 Å². The number of rotatable bonds is 7. The zero-order valence-electron chi connectivity index (χ0n) is 14.9. The van der Waals surface area contributed by atoms with E-state index in [2.05, 4.69) is 10.3 Å². The Labute approximate surface area is 151 Å². The van der Waals surface area contributed by atoms with Crippen molar-refractivity contribution in [3.05, 3.63) is 18.2 Å². The number of nitrogens with zero attached hydrogens (tertiary/aromatic N) is 2. The Morgan fingerprint density at radius 3 is 2.60 bits per heavy atom. The summed E-state index contributed by atoms with van der Waals surface area (Å²) in [6.45, 7) is 4.98. The van der Waals surface area contributed by atoms with Crippen LogP contribution in [0.2, 0.25) is 0 Å². The first-order valence-corrected chi connectivity index (χ1v) is 8.96. The second kappa shape index (κ2) is 8.75. The van der Waals surface area contributed by atoms with E-state index in [1.165, 1.54) is 18.9 Å². The smallest absolute Gasteiger partial charge is 0.242 e. The van der Waals surface area contributed by atoms with Gasteiger partial charge in [-0.25, -0.2) is 0 Å². The maximum absolute atomic E-state index is 12.4. The van der Waals surface area contributed by atoms with Crippen molar-refractivity contribution in [1.82, 2.24) is 4.90 Å². The maximum atomic E-state index is 12.4. The van der Waals surface area contributed by atoms with E-state index in [9.17, 15) is 9.59 Å². The van der Waals surface area contributed by atoms with Crippen molar-refractivity contribution in [2.45, 2.75) is 25.5 Å². The molecule has 0 bridgehead atoms. The molecule has 7 nitrogen and oxygen atoms in total. The van der Waals surface area contributed by atoms with Gasteiger partial charge in [-0.05, 0) is 26.0 Å². The van der Waals surface area contributed by atoms with Gasteiger partial charge in [-0.1, -0.05) is 11.8 Å². The van der Waals surface area contributed by atoms with E-state index in [1.807, 2.05) is 13.8 Å². The van der Waals surface area contributed by atoms with E-state index in [0.717, 1.165) is 0 Å². The highest BCUT2D eigenvalue weighted by Crippen LogP contribution is 2.31. The maximum Gasteiger partial charge on any atom is 0.242 e. The minimum absolute atomic E-state index is 0.0674. The molecule has 1 saturated heterocycles. The lowest BCUT2D eigenvalue weighted by Crippen LogP contribution is -2.33. The summed E-state index contributed by atoms with van der Waals surface area (Å²) in [4.78, 5) is 30.7. The van der Waals surface area contributed by atoms with Crippen LogP contribution < -0.4 is 14.8 Å². The second-order valence-electron chi connectivity index (χ2n) is 5.27. The Bertz CT molecular complexity index is 678. The molecule has 1 heterocycles. The lowest BCUT2D eigenvalue weighted by molar-refractivity contribution is -0.128. The number of carbonyl (C=O) groups is 2. The lowest BCUT2D eigenvalue weighted by Gasteiger charge is -2.13. The number of amides is 2. The predicted octanol–water partition coefficient (Wildman–Crippen LogP) is 2.37. The van der Waals surface area contributed by atoms with E-state index in [4.69, 9.17) is 9.47 Å². The molecule has 1 aromatic rings. The normalized spacial score (nSPS) is 18.6. The molecule has 0 unspecified atom stereocenters. The average Bonchev–Trinajstić information content (AvgIpc) is 2.89. The Hall–Kier alpha value is -2.22. The summed E-state index contributed by atoms with van der Waals surface area (Å²) in [5, 5.41) is 3.05. The first kappa shape index (κ1) is 19.1. The zero-order valence-corrected chi connectivity index (χ0v) is 15.7. The Kier molecular flexibility index (Phi) is 6.69. The van der Waals surface area contributed by atoms with Crippen LogP contribution in [-0.4, -0.2) is 54.4 Å². The van der Waals surface area contributed by atoms with Gasteiger partial charge in [-0.15, -0.1) is 0 Å². The van der Waals surface area contributed by atoms with Crippen LogP contribution in [0, 0.1) is 0 Å². The number of carbonyl (C=O) groups excluding carboxylic acids is 2. The first-order valence-electron chi connectivity index (χ1n) is 8.08. The van der Waals surface area contributed by atoms with Crippen molar-refractivity contribution in [3.63, 3.8) is 0 Å². The predicted molar refractivity (Wildman–Crippen MR) is 99.5 cm³/mol. The van der Waals surface area contributed by atoms with Crippen LogP contribution in [0.25, 0.3) is 0 Å². The highest BCUT2D eigenvalue weighted by Gasteiger charge is 2.38. The largest absolute Gasteiger partial charge is 0.493 e. The molecule has 2 amide bonds. The van der Waals surface area contributed by atoms with E-state index in [0.29, 0.717) is 35.4 Å². The summed E-state index contributed by atoms with van der Waals surface area (Å²) in [6, 6.07) is 5.13. The molecule has 1 N–H and O–H groups in total. The summed E-state index contributed by atoms with van der Waals surface area (Å²) in [7, 11) is 3.08. The molecule has 0 aliphatic carbocycles. The summed E-state index contributed by atoms with van der Waals surface area (Å²) in [5.74, 6) is 0.816. The quantitative estimate of drug-likeness (QED) is 0.802. The van der Waals surface area contributed by atoms with E-state index in [-0.39, 0.29) is 18.2 Å². The number of methoxy groups -OCH3 is 2. The van der Waals surface area contributed by atoms with Crippen LogP contribution in [0.5, 0.6) is 11.5 Å². The van der Waals surface area contributed by atoms with Crippen LogP contribution in [0.3, 0.4) is 0 Å². The SMILES string of the molecule is CCN=C1S[C@H](CC(=O)Nc2ccc(OC)c(OC)c2)C(=O)N1CC. The minimum atomic E-state index is -0.439. The number of nitrogens with one attached hydrogen (secondary N) is 1. The number of ether oxygens (including phenoxy) is 2. The highest BCUT2D eigenvalue weighted by atomic mass is 32.2. The number of hydrogen-bond donors (Lipinski definition) is 1. The van der Waals surface area contributed by atoms with Crippen molar-refractivity contribution in [3.8, 4) is 11.5 Å². The molecule has 1 aliphatic rings. The fraction of sp³-hybridized carbons (Fsp3) is 0.471. The van der Waals surface area contributed by atoms with Crippen LogP contribution in [0.1, 0.15) is 20.3 Å². The molecule has 0 radical (unpaired) electrons. The number of amidine groups is 1. The Morgan fingerprint density at radius 1 is 1.28 bits per heavy atom. The van der Waals surface area contributed by atoms with Gasteiger partial charge in [0.05, 0.1) is 14.2 Å². The van der Waals surface area contributed by atoms with Gasteiger partial charge >= 0.3 is 0 Å². The lowest BCUT2D eigenvalue weighted by atomic mass is 10.2. The van der Waals surface area contributed by atoms with Gasteiger partial charge in [0.25, 0.3) is 0 Å². The third-order valence-electron chi connectivity index (χ3n) is 3.67. The van der Waals surface area contributed by atoms with Gasteiger partial charge in [0.2, 0.25) is 11.8 Å². The minimum Gasteiger partial charge on any atom is -0.493 e. The topological polar surface area (TPSA) is 80.2 Å². The van der Waals surface area contributed by atoms with Gasteiger partial charge in [0.1, 0.15) is 5.25 Å². The highest BCUT2D eigenvalue weighted by molar-refractivity contribution is 8.15. The van der Waals surface area contributed by atoms with Crippen molar-refractivity contribution in [2.75, 3.05) is 32.6 Å². The van der Waals surface area contributed by atoms with Crippen molar-refractivity contribution >= 4 is 34.4 Å². The van der Waals surface area contributed by atoms with Crippen LogP contribution in [0.4, 0.5) is 5.69 Å². The molecule has 0 spiro atoms. The molecule has 1 aliphatic heterocycles. The fourth-order valence-electron chi connectivity index (χ4n) is 2.48. The second-order valence-corrected chi connectivity index (χ2v) is 6.44. The molecule has 1 fully saturated rings. The molecule has 8 heteroatoms. The molecule has 25 heavy (non-hydrogen) atoms. The van der Waals surface area contributed by atoms with Crippen molar-refractivity contribution in [2.24, 2.45) is 4.99 Å². The Morgan fingerprint density at radius 2 is 2.00 bits per heavy atom. The molecule has 0 aromatic heterocycles. The molecule has 136 valence electrons. The molecular formula is C17H23N3O4S. The summed E-state index contributed by atoms with van der Waals surface area (Å²) in [5.41, 5.74) is 0.591. The summed E-state index contributed by atoms with van der Waals surface area (Å²) >= 11 is 1.35. The summed E-state index contributed by atoms with van der Waals surface area (Å²) in [6.07, 6.45) is 0.0943. The first-order chi connectivity index (χ1) is 12.0. The molecule has 1 atom stereocenters. The van der Waals surface area contributed by atoms with E-state index >= 15 is 0 Å². The number of benzene rings is 1.